The Kier molecular flexibility index (Phi) is 6.23. The van der Waals surface area contributed by atoms with Crippen molar-refractivity contribution in [3.05, 3.63) is 63.1 Å². The van der Waals surface area contributed by atoms with Crippen LogP contribution < -0.4 is 15.8 Å². The molecular weight excluding hydrogens is 396 g/mol. The lowest BCUT2D eigenvalue weighted by Crippen LogP contribution is -2.36. The van der Waals surface area contributed by atoms with Crippen molar-refractivity contribution in [1.82, 2.24) is 5.32 Å². The quantitative estimate of drug-likeness (QED) is 0.765. The molecule has 5 nitrogen and oxygen atoms in total. The van der Waals surface area contributed by atoms with E-state index in [0.717, 1.165) is 5.56 Å². The second-order valence-corrected chi connectivity index (χ2v) is 6.41. The summed E-state index contributed by atoms with van der Waals surface area (Å²) in [6.45, 7) is 1.92. The highest BCUT2D eigenvalue weighted by molar-refractivity contribution is 9.10. The Morgan fingerprint density at radius 2 is 2.04 bits per heavy atom. The van der Waals surface area contributed by atoms with Crippen LogP contribution in [0, 0.1) is 0 Å². The van der Waals surface area contributed by atoms with E-state index in [1.54, 1.807) is 49.4 Å². The van der Waals surface area contributed by atoms with Crippen molar-refractivity contribution >= 4 is 39.3 Å². The Balaban J connectivity index is 1.94. The van der Waals surface area contributed by atoms with Crippen molar-refractivity contribution in [2.24, 2.45) is 5.73 Å². The molecule has 7 heteroatoms. The summed E-state index contributed by atoms with van der Waals surface area (Å²) in [6, 6.07) is 11.8. The maximum Gasteiger partial charge on any atom is 0.261 e. The maximum atomic E-state index is 12.1. The topological polar surface area (TPSA) is 81.4 Å². The Morgan fingerprint density at radius 1 is 1.29 bits per heavy atom. The van der Waals surface area contributed by atoms with Crippen molar-refractivity contribution in [2.45, 2.75) is 19.6 Å². The molecule has 24 heavy (non-hydrogen) atoms. The van der Waals surface area contributed by atoms with E-state index in [2.05, 4.69) is 21.2 Å². The fraction of sp³-hybridized carbons (Fsp3) is 0.176. The average Bonchev–Trinajstić information content (AvgIpc) is 2.55. The zero-order valence-electron chi connectivity index (χ0n) is 12.9. The van der Waals surface area contributed by atoms with Gasteiger partial charge in [-0.1, -0.05) is 23.7 Å². The number of carbonyl (C=O) groups is 2. The molecule has 2 aromatic carbocycles. The van der Waals surface area contributed by atoms with Gasteiger partial charge in [-0.3, -0.25) is 9.59 Å². The second kappa shape index (κ2) is 8.17. The Morgan fingerprint density at radius 3 is 2.71 bits per heavy atom. The number of primary amides is 1. The van der Waals surface area contributed by atoms with E-state index in [0.29, 0.717) is 20.8 Å². The lowest BCUT2D eigenvalue weighted by molar-refractivity contribution is -0.127. The van der Waals surface area contributed by atoms with Gasteiger partial charge < -0.3 is 15.8 Å². The van der Waals surface area contributed by atoms with Crippen LogP contribution in [0.3, 0.4) is 0 Å². The normalized spacial score (nSPS) is 11.6. The molecule has 1 unspecified atom stereocenters. The zero-order valence-corrected chi connectivity index (χ0v) is 15.2. The third-order valence-corrected chi connectivity index (χ3v) is 4.10. The molecule has 3 N–H and O–H groups in total. The smallest absolute Gasteiger partial charge is 0.261 e. The fourth-order valence-corrected chi connectivity index (χ4v) is 2.76. The van der Waals surface area contributed by atoms with Gasteiger partial charge in [-0.15, -0.1) is 0 Å². The van der Waals surface area contributed by atoms with E-state index in [1.165, 1.54) is 0 Å². The molecule has 0 aliphatic heterocycles. The zero-order chi connectivity index (χ0) is 17.7. The van der Waals surface area contributed by atoms with E-state index in [4.69, 9.17) is 22.1 Å². The molecular formula is C17H16BrClN2O3. The van der Waals surface area contributed by atoms with Crippen LogP contribution in [0.15, 0.2) is 46.9 Å². The first-order valence-corrected chi connectivity index (χ1v) is 8.32. The highest BCUT2D eigenvalue weighted by Gasteiger charge is 2.16. The molecule has 0 saturated heterocycles. The molecule has 0 fully saturated rings. The molecule has 126 valence electrons. The third-order valence-electron chi connectivity index (χ3n) is 3.25. The number of halogens is 2. The largest absolute Gasteiger partial charge is 0.480 e. The van der Waals surface area contributed by atoms with E-state index < -0.39 is 12.0 Å². The van der Waals surface area contributed by atoms with Gasteiger partial charge in [0.25, 0.3) is 5.91 Å². The molecule has 0 radical (unpaired) electrons. The number of hydrogen-bond acceptors (Lipinski definition) is 3. The van der Waals surface area contributed by atoms with Crippen LogP contribution in [0.25, 0.3) is 0 Å². The van der Waals surface area contributed by atoms with Crippen molar-refractivity contribution in [1.29, 1.82) is 0 Å². The minimum absolute atomic E-state index is 0.273. The van der Waals surface area contributed by atoms with E-state index >= 15 is 0 Å². The van der Waals surface area contributed by atoms with Gasteiger partial charge in [-0.2, -0.15) is 0 Å². The first kappa shape index (κ1) is 18.3. The van der Waals surface area contributed by atoms with Gasteiger partial charge in [-0.05, 0) is 58.7 Å². The second-order valence-electron chi connectivity index (χ2n) is 5.12. The average molecular weight is 412 g/mol. The minimum Gasteiger partial charge on any atom is -0.480 e. The molecule has 0 saturated carbocycles. The van der Waals surface area contributed by atoms with E-state index in [-0.39, 0.29) is 12.5 Å². The van der Waals surface area contributed by atoms with Gasteiger partial charge in [-0.25, -0.2) is 0 Å². The van der Waals surface area contributed by atoms with Crippen LogP contribution in [0.5, 0.6) is 5.75 Å². The predicted molar refractivity (Wildman–Crippen MR) is 96.0 cm³/mol. The van der Waals surface area contributed by atoms with Crippen LogP contribution in [0.2, 0.25) is 5.02 Å². The Hall–Kier alpha value is -2.05. The number of ether oxygens (including phenoxy) is 1. The number of benzene rings is 2. The van der Waals surface area contributed by atoms with Gasteiger partial charge >= 0.3 is 0 Å². The molecule has 0 aliphatic carbocycles. The molecule has 1 atom stereocenters. The van der Waals surface area contributed by atoms with Gasteiger partial charge in [0, 0.05) is 17.1 Å². The summed E-state index contributed by atoms with van der Waals surface area (Å²) in [5.41, 5.74) is 6.41. The minimum atomic E-state index is -0.693. The molecule has 0 spiro atoms. The standard InChI is InChI=1S/C17H16BrClN2O3/c1-10(24-15-6-5-13(19)8-14(15)18)17(23)21-9-11-3-2-4-12(7-11)16(20)22/h2-8,10H,9H2,1H3,(H2,20,22)(H,21,23). The number of hydrogen-bond donors (Lipinski definition) is 2. The van der Waals surface area contributed by atoms with Crippen LogP contribution >= 0.6 is 27.5 Å². The summed E-state index contributed by atoms with van der Waals surface area (Å²) < 4.78 is 6.29. The lowest BCUT2D eigenvalue weighted by atomic mass is 10.1. The third kappa shape index (κ3) is 4.97. The molecule has 0 aliphatic rings. The van der Waals surface area contributed by atoms with Crippen molar-refractivity contribution in [3.8, 4) is 5.75 Å². The predicted octanol–water partition coefficient (Wildman–Crippen LogP) is 3.29. The van der Waals surface area contributed by atoms with Crippen LogP contribution in [0.4, 0.5) is 0 Å². The Labute approximate surface area is 153 Å². The van der Waals surface area contributed by atoms with Crippen LogP contribution in [-0.4, -0.2) is 17.9 Å². The number of nitrogens with one attached hydrogen (secondary N) is 1. The van der Waals surface area contributed by atoms with E-state index in [1.807, 2.05) is 0 Å². The van der Waals surface area contributed by atoms with Crippen molar-refractivity contribution < 1.29 is 14.3 Å². The Bertz CT molecular complexity index is 767. The molecule has 0 heterocycles. The summed E-state index contributed by atoms with van der Waals surface area (Å²) in [5.74, 6) is -0.258. The van der Waals surface area contributed by atoms with Crippen LogP contribution in [0.1, 0.15) is 22.8 Å². The number of nitrogens with two attached hydrogens (primary N) is 1. The maximum absolute atomic E-state index is 12.1. The van der Waals surface area contributed by atoms with Gasteiger partial charge in [0.15, 0.2) is 6.10 Å². The van der Waals surface area contributed by atoms with Crippen molar-refractivity contribution in [2.75, 3.05) is 0 Å². The summed E-state index contributed by atoms with van der Waals surface area (Å²) in [5, 5.41) is 3.33. The van der Waals surface area contributed by atoms with Crippen LogP contribution in [-0.2, 0) is 11.3 Å². The molecule has 2 amide bonds. The number of amides is 2. The number of carbonyl (C=O) groups excluding carboxylic acids is 2. The van der Waals surface area contributed by atoms with Gasteiger partial charge in [0.2, 0.25) is 5.91 Å². The molecule has 2 aromatic rings. The highest BCUT2D eigenvalue weighted by atomic mass is 79.9. The van der Waals surface area contributed by atoms with Gasteiger partial charge in [0.1, 0.15) is 5.75 Å². The first-order valence-electron chi connectivity index (χ1n) is 7.15. The molecule has 0 bridgehead atoms. The molecule has 2 rings (SSSR count). The highest BCUT2D eigenvalue weighted by Crippen LogP contribution is 2.28. The summed E-state index contributed by atoms with van der Waals surface area (Å²) >= 11 is 9.21. The summed E-state index contributed by atoms with van der Waals surface area (Å²) in [4.78, 5) is 23.3. The molecule has 0 aromatic heterocycles. The van der Waals surface area contributed by atoms with E-state index in [9.17, 15) is 9.59 Å². The summed E-state index contributed by atoms with van der Waals surface area (Å²) in [6.07, 6.45) is -0.693. The number of rotatable bonds is 6. The monoisotopic (exact) mass is 410 g/mol. The summed E-state index contributed by atoms with van der Waals surface area (Å²) in [7, 11) is 0. The fourth-order valence-electron chi connectivity index (χ4n) is 1.98. The van der Waals surface area contributed by atoms with Gasteiger partial charge in [0.05, 0.1) is 4.47 Å². The first-order chi connectivity index (χ1) is 11.4. The van der Waals surface area contributed by atoms with Crippen molar-refractivity contribution in [3.63, 3.8) is 0 Å². The SMILES string of the molecule is CC(Oc1ccc(Cl)cc1Br)C(=O)NCc1cccc(C(N)=O)c1. The lowest BCUT2D eigenvalue weighted by Gasteiger charge is -2.16.